The molecule has 0 amide bonds. The van der Waals surface area contributed by atoms with E-state index in [4.69, 9.17) is 9.31 Å². The minimum atomic E-state index is -0.238. The second-order valence-electron chi connectivity index (χ2n) is 4.17. The Bertz CT molecular complexity index is 310. The summed E-state index contributed by atoms with van der Waals surface area (Å²) >= 11 is 0. The second-order valence-corrected chi connectivity index (χ2v) is 4.17. The highest BCUT2D eigenvalue weighted by atomic mass is 16.7. The second kappa shape index (κ2) is 3.41. The van der Waals surface area contributed by atoms with Crippen LogP contribution in [0, 0.1) is 6.07 Å². The lowest BCUT2D eigenvalue weighted by atomic mass is 9.79. The third-order valence-corrected chi connectivity index (χ3v) is 2.72. The highest BCUT2D eigenvalue weighted by Gasteiger charge is 2.43. The molecule has 0 aromatic heterocycles. The van der Waals surface area contributed by atoms with Gasteiger partial charge in [-0.15, -0.1) is 0 Å². The van der Waals surface area contributed by atoms with Gasteiger partial charge in [0.2, 0.25) is 0 Å². The number of benzene rings is 1. The van der Waals surface area contributed by atoms with Crippen molar-refractivity contribution in [3.05, 3.63) is 30.3 Å². The molecule has 1 aromatic rings. The molecule has 2 nitrogen and oxygen atoms in total. The van der Waals surface area contributed by atoms with E-state index in [1.807, 2.05) is 45.0 Å². The zero-order chi connectivity index (χ0) is 10.2. The number of hydrogen-bond donors (Lipinski definition) is 0. The summed E-state index contributed by atoms with van der Waals surface area (Å²) in [6, 6.07) is 10.7. The molecule has 73 valence electrons. The lowest BCUT2D eigenvalue weighted by Crippen LogP contribution is -2.34. The van der Waals surface area contributed by atoms with Gasteiger partial charge < -0.3 is 9.31 Å². The van der Waals surface area contributed by atoms with E-state index in [9.17, 15) is 0 Å². The summed E-state index contributed by atoms with van der Waals surface area (Å²) in [5, 5.41) is 0. The highest BCUT2D eigenvalue weighted by Crippen LogP contribution is 2.26. The highest BCUT2D eigenvalue weighted by molar-refractivity contribution is 6.61. The minimum absolute atomic E-state index is 0.118. The predicted molar refractivity (Wildman–Crippen MR) is 56.4 cm³/mol. The first-order chi connectivity index (χ1) is 6.59. The van der Waals surface area contributed by atoms with E-state index in [0.717, 1.165) is 5.46 Å². The molecule has 0 N–H and O–H groups in total. The maximum Gasteiger partial charge on any atom is 0.494 e. The fourth-order valence-electron chi connectivity index (χ4n) is 1.45. The molecule has 1 aromatic carbocycles. The molecule has 14 heavy (non-hydrogen) atoms. The summed E-state index contributed by atoms with van der Waals surface area (Å²) in [7, 11) is -0.238. The van der Waals surface area contributed by atoms with Crippen molar-refractivity contribution < 1.29 is 9.31 Å². The zero-order valence-electron chi connectivity index (χ0n) is 8.78. The molecule has 0 saturated carbocycles. The van der Waals surface area contributed by atoms with Crippen LogP contribution in [0.1, 0.15) is 20.8 Å². The summed E-state index contributed by atoms with van der Waals surface area (Å²) in [5.41, 5.74) is 0.825. The molecule has 1 heterocycles. The third-order valence-electron chi connectivity index (χ3n) is 2.72. The van der Waals surface area contributed by atoms with Gasteiger partial charge in [-0.3, -0.25) is 0 Å². The van der Waals surface area contributed by atoms with Gasteiger partial charge in [0.25, 0.3) is 0 Å². The molecule has 0 aliphatic carbocycles. The molecule has 1 unspecified atom stereocenters. The Morgan fingerprint density at radius 1 is 1.50 bits per heavy atom. The molecule has 0 bridgehead atoms. The van der Waals surface area contributed by atoms with Gasteiger partial charge in [0.15, 0.2) is 0 Å². The Balaban J connectivity index is 2.17. The Morgan fingerprint density at radius 3 is 2.79 bits per heavy atom. The van der Waals surface area contributed by atoms with Crippen molar-refractivity contribution in [2.24, 2.45) is 0 Å². The average molecular weight is 189 g/mol. The Hall–Kier alpha value is -0.795. The first kappa shape index (κ1) is 9.75. The molecule has 0 spiro atoms. The van der Waals surface area contributed by atoms with Crippen LogP contribution >= 0.6 is 0 Å². The summed E-state index contributed by atoms with van der Waals surface area (Å²) in [5.74, 6) is 0. The van der Waals surface area contributed by atoms with E-state index in [1.165, 1.54) is 0 Å². The van der Waals surface area contributed by atoms with Crippen molar-refractivity contribution in [1.82, 2.24) is 0 Å². The minimum Gasteiger partial charge on any atom is -0.402 e. The van der Waals surface area contributed by atoms with Crippen LogP contribution in [0.5, 0.6) is 0 Å². The Labute approximate surface area is 85.4 Å². The summed E-state index contributed by atoms with van der Waals surface area (Å²) in [6.45, 7) is 6.13. The Kier molecular flexibility index (Phi) is 2.37. The predicted octanol–water partition coefficient (Wildman–Crippen LogP) is 1.40. The van der Waals surface area contributed by atoms with E-state index >= 15 is 0 Å². The van der Waals surface area contributed by atoms with Crippen molar-refractivity contribution in [2.45, 2.75) is 32.5 Å². The van der Waals surface area contributed by atoms with Gasteiger partial charge in [-0.25, -0.2) is 0 Å². The van der Waals surface area contributed by atoms with Crippen molar-refractivity contribution in [2.75, 3.05) is 0 Å². The smallest absolute Gasteiger partial charge is 0.402 e. The summed E-state index contributed by atoms with van der Waals surface area (Å²) in [4.78, 5) is 0. The maximum absolute atomic E-state index is 5.80. The molecule has 3 heteroatoms. The van der Waals surface area contributed by atoms with Crippen LogP contribution in [-0.4, -0.2) is 18.8 Å². The van der Waals surface area contributed by atoms with Crippen LogP contribution in [0.25, 0.3) is 0 Å². The summed E-state index contributed by atoms with van der Waals surface area (Å²) < 4.78 is 11.5. The first-order valence-corrected chi connectivity index (χ1v) is 4.89. The first-order valence-electron chi connectivity index (χ1n) is 4.89. The van der Waals surface area contributed by atoms with Crippen LogP contribution in [0.3, 0.4) is 0 Å². The van der Waals surface area contributed by atoms with Gasteiger partial charge in [-0.2, -0.15) is 0 Å². The van der Waals surface area contributed by atoms with Gasteiger partial charge in [-0.1, -0.05) is 24.3 Å². The monoisotopic (exact) mass is 189 g/mol. The summed E-state index contributed by atoms with van der Waals surface area (Å²) in [6.07, 6.45) is 0.118. The molecule has 1 radical (unpaired) electrons. The number of hydrogen-bond acceptors (Lipinski definition) is 2. The lowest BCUT2D eigenvalue weighted by molar-refractivity contribution is 0.0842. The van der Waals surface area contributed by atoms with Crippen LogP contribution in [0.15, 0.2) is 24.3 Å². The molecule has 1 aliphatic heterocycles. The molecule has 1 aliphatic rings. The van der Waals surface area contributed by atoms with E-state index in [0.29, 0.717) is 0 Å². The molecule has 1 fully saturated rings. The molecule has 2 rings (SSSR count). The maximum atomic E-state index is 5.80. The van der Waals surface area contributed by atoms with Crippen molar-refractivity contribution in [3.8, 4) is 0 Å². The van der Waals surface area contributed by atoms with E-state index in [-0.39, 0.29) is 18.8 Å². The van der Waals surface area contributed by atoms with Gasteiger partial charge >= 0.3 is 7.12 Å². The quantitative estimate of drug-likeness (QED) is 0.621. The van der Waals surface area contributed by atoms with Gasteiger partial charge in [0, 0.05) is 0 Å². The van der Waals surface area contributed by atoms with Crippen LogP contribution in [0.4, 0.5) is 0 Å². The van der Waals surface area contributed by atoms with Gasteiger partial charge in [-0.05, 0) is 32.3 Å². The lowest BCUT2D eigenvalue weighted by Gasteiger charge is -2.21. The van der Waals surface area contributed by atoms with Crippen LogP contribution in [-0.2, 0) is 9.31 Å². The molecular weight excluding hydrogens is 175 g/mol. The molecule has 1 saturated heterocycles. The van der Waals surface area contributed by atoms with E-state index < -0.39 is 0 Å². The molecule has 1 atom stereocenters. The number of rotatable bonds is 1. The van der Waals surface area contributed by atoms with E-state index in [2.05, 4.69) is 6.07 Å². The topological polar surface area (TPSA) is 18.5 Å². The van der Waals surface area contributed by atoms with Gasteiger partial charge in [0.1, 0.15) is 0 Å². The van der Waals surface area contributed by atoms with Gasteiger partial charge in [0.05, 0.1) is 11.7 Å². The van der Waals surface area contributed by atoms with Crippen molar-refractivity contribution in [1.29, 1.82) is 0 Å². The largest absolute Gasteiger partial charge is 0.494 e. The molecular formula is C11H14BO2. The average Bonchev–Trinajstić information content (AvgIpc) is 2.43. The van der Waals surface area contributed by atoms with Crippen molar-refractivity contribution >= 4 is 12.6 Å². The van der Waals surface area contributed by atoms with E-state index in [1.54, 1.807) is 0 Å². The van der Waals surface area contributed by atoms with Crippen LogP contribution in [0.2, 0.25) is 0 Å². The fourth-order valence-corrected chi connectivity index (χ4v) is 1.45. The third kappa shape index (κ3) is 1.70. The standard InChI is InChI=1S/C11H14BO2/c1-9-11(2,3)14-12(13-9)10-7-5-4-6-8-10/h4-5,7-9H,1-3H3. The van der Waals surface area contributed by atoms with Crippen LogP contribution < -0.4 is 5.46 Å². The SMILES string of the molecule is CC1OB(c2c[c]ccc2)OC1(C)C. The van der Waals surface area contributed by atoms with Crippen molar-refractivity contribution in [3.63, 3.8) is 0 Å². The fraction of sp³-hybridized carbons (Fsp3) is 0.455. The Morgan fingerprint density at radius 2 is 2.29 bits per heavy atom. The zero-order valence-corrected chi connectivity index (χ0v) is 8.78. The normalized spacial score (nSPS) is 25.4.